The molecule has 1 aromatic rings. The molecule has 0 aliphatic heterocycles. The Morgan fingerprint density at radius 1 is 1.67 bits per heavy atom. The van der Waals surface area contributed by atoms with E-state index in [1.165, 1.54) is 0 Å². The smallest absolute Gasteiger partial charge is 0.0562 e. The van der Waals surface area contributed by atoms with E-state index in [-0.39, 0.29) is 0 Å². The first-order valence-electron chi connectivity index (χ1n) is 4.00. The van der Waals surface area contributed by atoms with E-state index < -0.39 is 0 Å². The number of hydrogen-bond acceptors (Lipinski definition) is 1. The van der Waals surface area contributed by atoms with Gasteiger partial charge in [0.25, 0.3) is 0 Å². The molecule has 0 unspecified atom stereocenters. The molecule has 0 bridgehead atoms. The van der Waals surface area contributed by atoms with Crippen molar-refractivity contribution < 1.29 is 0 Å². The van der Waals surface area contributed by atoms with E-state index in [1.54, 1.807) is 0 Å². The Morgan fingerprint density at radius 3 is 2.92 bits per heavy atom. The molecule has 1 aromatic heterocycles. The maximum absolute atomic E-state index is 5.51. The Bertz CT molecular complexity index is 263. The highest BCUT2D eigenvalue weighted by atomic mass is 35.5. The lowest BCUT2D eigenvalue weighted by Gasteiger charge is -2.02. The Labute approximate surface area is 77.8 Å². The van der Waals surface area contributed by atoms with Crippen molar-refractivity contribution in [2.45, 2.75) is 19.9 Å². The van der Waals surface area contributed by atoms with Crippen molar-refractivity contribution in [3.8, 4) is 0 Å². The minimum Gasteiger partial charge on any atom is -0.270 e. The first-order valence-corrected chi connectivity index (χ1v) is 4.54. The summed E-state index contributed by atoms with van der Waals surface area (Å²) in [5, 5.41) is 4.19. The minimum absolute atomic E-state index is 0.420. The van der Waals surface area contributed by atoms with Crippen LogP contribution < -0.4 is 0 Å². The lowest BCUT2D eigenvalue weighted by Crippen LogP contribution is -1.99. The van der Waals surface area contributed by atoms with Gasteiger partial charge in [0, 0.05) is 23.7 Å². The van der Waals surface area contributed by atoms with E-state index in [0.29, 0.717) is 11.9 Å². The van der Waals surface area contributed by atoms with Gasteiger partial charge in [-0.15, -0.1) is 11.6 Å². The summed E-state index contributed by atoms with van der Waals surface area (Å²) in [7, 11) is 0. The zero-order chi connectivity index (χ0) is 8.97. The fraction of sp³-hybridized carbons (Fsp3) is 0.444. The highest BCUT2D eigenvalue weighted by Crippen LogP contribution is 2.06. The Kier molecular flexibility index (Phi) is 3.35. The maximum atomic E-state index is 5.51. The van der Waals surface area contributed by atoms with Crippen LogP contribution in [-0.4, -0.2) is 15.7 Å². The first kappa shape index (κ1) is 9.33. The van der Waals surface area contributed by atoms with Crippen molar-refractivity contribution in [2.24, 2.45) is 0 Å². The molecule has 0 N–H and O–H groups in total. The molecule has 1 rings (SSSR count). The topological polar surface area (TPSA) is 17.8 Å². The van der Waals surface area contributed by atoms with Crippen LogP contribution in [0.3, 0.4) is 0 Å². The number of allylic oxidation sites excluding steroid dienone is 1. The fourth-order valence-electron chi connectivity index (χ4n) is 0.902. The predicted octanol–water partition coefficient (Wildman–Crippen LogP) is 2.72. The van der Waals surface area contributed by atoms with Gasteiger partial charge in [0.15, 0.2) is 0 Å². The van der Waals surface area contributed by atoms with Crippen molar-refractivity contribution in [3.63, 3.8) is 0 Å². The van der Waals surface area contributed by atoms with Crippen molar-refractivity contribution >= 4 is 17.7 Å². The molecule has 0 aliphatic carbocycles. The van der Waals surface area contributed by atoms with Crippen molar-refractivity contribution in [1.29, 1.82) is 0 Å². The molecule has 0 atom stereocenters. The second-order valence-electron chi connectivity index (χ2n) is 2.90. The lowest BCUT2D eigenvalue weighted by atomic mass is 10.3. The SMILES string of the molecule is CC(C)n1cc(C=CCCl)cn1. The highest BCUT2D eigenvalue weighted by molar-refractivity contribution is 6.19. The molecular formula is C9H13ClN2. The molecule has 0 amide bonds. The highest BCUT2D eigenvalue weighted by Gasteiger charge is 1.97. The summed E-state index contributed by atoms with van der Waals surface area (Å²) in [5.74, 6) is 0.548. The van der Waals surface area contributed by atoms with E-state index in [4.69, 9.17) is 11.6 Å². The zero-order valence-electron chi connectivity index (χ0n) is 7.37. The van der Waals surface area contributed by atoms with E-state index in [2.05, 4.69) is 18.9 Å². The molecule has 3 heteroatoms. The van der Waals surface area contributed by atoms with Gasteiger partial charge >= 0.3 is 0 Å². The van der Waals surface area contributed by atoms with Crippen LogP contribution in [0.4, 0.5) is 0 Å². The number of rotatable bonds is 3. The number of halogens is 1. The fourth-order valence-corrected chi connectivity index (χ4v) is 0.991. The average molecular weight is 185 g/mol. The quantitative estimate of drug-likeness (QED) is 0.661. The third-order valence-electron chi connectivity index (χ3n) is 1.55. The third-order valence-corrected chi connectivity index (χ3v) is 1.73. The average Bonchev–Trinajstić information content (AvgIpc) is 2.48. The molecule has 0 saturated heterocycles. The Balaban J connectivity index is 2.70. The molecule has 2 nitrogen and oxygen atoms in total. The summed E-state index contributed by atoms with van der Waals surface area (Å²) in [4.78, 5) is 0. The monoisotopic (exact) mass is 184 g/mol. The number of nitrogens with zero attached hydrogens (tertiary/aromatic N) is 2. The van der Waals surface area contributed by atoms with Crippen molar-refractivity contribution in [1.82, 2.24) is 9.78 Å². The summed E-state index contributed by atoms with van der Waals surface area (Å²) >= 11 is 5.51. The molecule has 66 valence electrons. The van der Waals surface area contributed by atoms with Gasteiger partial charge in [-0.3, -0.25) is 4.68 Å². The zero-order valence-corrected chi connectivity index (χ0v) is 8.12. The summed E-state index contributed by atoms with van der Waals surface area (Å²) in [6.07, 6.45) is 7.72. The van der Waals surface area contributed by atoms with Gasteiger partial charge in [-0.25, -0.2) is 0 Å². The number of aromatic nitrogens is 2. The molecule has 0 radical (unpaired) electrons. The Morgan fingerprint density at radius 2 is 2.42 bits per heavy atom. The van der Waals surface area contributed by atoms with Crippen molar-refractivity contribution in [2.75, 3.05) is 5.88 Å². The summed E-state index contributed by atoms with van der Waals surface area (Å²) < 4.78 is 1.92. The van der Waals surface area contributed by atoms with Crippen LogP contribution in [0.1, 0.15) is 25.5 Å². The van der Waals surface area contributed by atoms with Crippen LogP contribution in [0.15, 0.2) is 18.5 Å². The van der Waals surface area contributed by atoms with Gasteiger partial charge in [0.1, 0.15) is 0 Å². The molecule has 0 aromatic carbocycles. The predicted molar refractivity (Wildman–Crippen MR) is 52.4 cm³/mol. The second-order valence-corrected chi connectivity index (χ2v) is 3.21. The summed E-state index contributed by atoms with van der Waals surface area (Å²) in [5.41, 5.74) is 1.10. The largest absolute Gasteiger partial charge is 0.270 e. The standard InChI is InChI=1S/C9H13ClN2/c1-8(2)12-7-9(6-11-12)4-3-5-10/h3-4,6-8H,5H2,1-2H3. The van der Waals surface area contributed by atoms with Crippen LogP contribution in [0, 0.1) is 0 Å². The van der Waals surface area contributed by atoms with Gasteiger partial charge < -0.3 is 0 Å². The van der Waals surface area contributed by atoms with Crippen LogP contribution in [0.25, 0.3) is 6.08 Å². The minimum atomic E-state index is 0.420. The normalized spacial score (nSPS) is 11.7. The van der Waals surface area contributed by atoms with Crippen LogP contribution in [0.5, 0.6) is 0 Å². The van der Waals surface area contributed by atoms with E-state index >= 15 is 0 Å². The van der Waals surface area contributed by atoms with E-state index in [1.807, 2.05) is 29.2 Å². The number of hydrogen-bond donors (Lipinski definition) is 0. The van der Waals surface area contributed by atoms with Crippen LogP contribution >= 0.6 is 11.6 Å². The maximum Gasteiger partial charge on any atom is 0.0562 e. The van der Waals surface area contributed by atoms with Gasteiger partial charge in [0.2, 0.25) is 0 Å². The van der Waals surface area contributed by atoms with Gasteiger partial charge in [-0.2, -0.15) is 5.10 Å². The molecule has 1 heterocycles. The molecule has 12 heavy (non-hydrogen) atoms. The first-order chi connectivity index (χ1) is 5.74. The summed E-state index contributed by atoms with van der Waals surface area (Å²) in [6, 6.07) is 0.420. The molecular weight excluding hydrogens is 172 g/mol. The van der Waals surface area contributed by atoms with Gasteiger partial charge in [-0.05, 0) is 13.8 Å². The van der Waals surface area contributed by atoms with E-state index in [9.17, 15) is 0 Å². The van der Waals surface area contributed by atoms with Crippen LogP contribution in [-0.2, 0) is 0 Å². The lowest BCUT2D eigenvalue weighted by molar-refractivity contribution is 0.532. The number of alkyl halides is 1. The van der Waals surface area contributed by atoms with E-state index in [0.717, 1.165) is 5.56 Å². The van der Waals surface area contributed by atoms with Crippen LogP contribution in [0.2, 0.25) is 0 Å². The Hall–Kier alpha value is -0.760. The second kappa shape index (κ2) is 4.31. The van der Waals surface area contributed by atoms with Crippen molar-refractivity contribution in [3.05, 3.63) is 24.0 Å². The van der Waals surface area contributed by atoms with Gasteiger partial charge in [-0.1, -0.05) is 12.2 Å². The third kappa shape index (κ3) is 2.38. The molecule has 0 aliphatic rings. The molecule has 0 fully saturated rings. The summed E-state index contributed by atoms with van der Waals surface area (Å²) in [6.45, 7) is 4.20. The van der Waals surface area contributed by atoms with Gasteiger partial charge in [0.05, 0.1) is 6.20 Å². The molecule has 0 saturated carbocycles. The molecule has 0 spiro atoms.